The summed E-state index contributed by atoms with van der Waals surface area (Å²) in [4.78, 5) is 33.3. The van der Waals surface area contributed by atoms with Crippen molar-refractivity contribution in [1.29, 1.82) is 0 Å². The van der Waals surface area contributed by atoms with Crippen LogP contribution in [0.25, 0.3) is 0 Å². The lowest BCUT2D eigenvalue weighted by Crippen LogP contribution is -2.18. The number of amides is 2. The van der Waals surface area contributed by atoms with Gasteiger partial charge in [0.05, 0.1) is 0 Å². The molecular weight excluding hydrogens is 462 g/mol. The number of ether oxygens (including phenoxy) is 2. The molecule has 4 rings (SSSR count). The fourth-order valence-corrected chi connectivity index (χ4v) is 3.67. The van der Waals surface area contributed by atoms with Gasteiger partial charge in [0.1, 0.15) is 11.4 Å². The first-order valence-corrected chi connectivity index (χ1v) is 11.9. The maximum atomic E-state index is 12.9. The van der Waals surface area contributed by atoms with Crippen LogP contribution in [0.15, 0.2) is 47.8 Å². The first kappa shape index (κ1) is 23.0. The van der Waals surface area contributed by atoms with Gasteiger partial charge in [0.15, 0.2) is 11.5 Å². The molecule has 12 heteroatoms. The molecule has 0 aliphatic carbocycles. The Kier molecular flexibility index (Phi) is 6.07. The summed E-state index contributed by atoms with van der Waals surface area (Å²) in [6.45, 7) is 1.90. The van der Waals surface area contributed by atoms with E-state index in [1.165, 1.54) is 7.05 Å². The van der Waals surface area contributed by atoms with Gasteiger partial charge in [-0.3, -0.25) is 9.59 Å². The normalized spacial score (nSPS) is 12.2. The van der Waals surface area contributed by atoms with Crippen molar-refractivity contribution in [2.24, 2.45) is 0 Å². The minimum absolute atomic E-state index is 0.0594. The highest BCUT2D eigenvalue weighted by Crippen LogP contribution is 2.33. The zero-order chi connectivity index (χ0) is 24.5. The molecule has 0 spiro atoms. The number of fused-ring (bicyclic) bond motifs is 1. The number of benzene rings is 2. The lowest BCUT2D eigenvalue weighted by Gasteiger charge is -2.13. The van der Waals surface area contributed by atoms with E-state index in [0.29, 0.717) is 28.4 Å². The fourth-order valence-electron chi connectivity index (χ4n) is 3.17. The van der Waals surface area contributed by atoms with Gasteiger partial charge in [-0.1, -0.05) is 6.07 Å². The lowest BCUT2D eigenvalue weighted by molar-refractivity contribution is 0.101. The fraction of sp³-hybridized carbons (Fsp3) is 0.182. The van der Waals surface area contributed by atoms with Crippen LogP contribution in [0.5, 0.6) is 11.5 Å². The van der Waals surface area contributed by atoms with Crippen LogP contribution >= 0.6 is 0 Å². The van der Waals surface area contributed by atoms with Crippen molar-refractivity contribution < 1.29 is 27.5 Å². The van der Waals surface area contributed by atoms with E-state index < -0.39 is 20.9 Å². The molecule has 0 fully saturated rings. The van der Waals surface area contributed by atoms with Gasteiger partial charge in [-0.05, 0) is 42.8 Å². The standard InChI is InChI=1S/C22H21N5O6S/c1-12-4-6-14(25-20(28)13-5-7-17-18(8-13)33-11-32-17)9-16(12)26-21(29)15-10-24-22(34(3,30)31)27-19(15)23-2/h4-10H,11H2,1-3H3,(H,25,28)(H,26,29)(H,23,24,27). The van der Waals surface area contributed by atoms with Gasteiger partial charge in [0.2, 0.25) is 21.8 Å². The highest BCUT2D eigenvalue weighted by Gasteiger charge is 2.20. The first-order chi connectivity index (χ1) is 16.2. The molecule has 2 amide bonds. The summed E-state index contributed by atoms with van der Waals surface area (Å²) in [6, 6.07) is 9.94. The zero-order valence-corrected chi connectivity index (χ0v) is 19.3. The maximum absolute atomic E-state index is 12.9. The van der Waals surface area contributed by atoms with Crippen molar-refractivity contribution >= 4 is 38.8 Å². The van der Waals surface area contributed by atoms with Gasteiger partial charge in [-0.15, -0.1) is 0 Å². The molecule has 11 nitrogen and oxygen atoms in total. The SMILES string of the molecule is CNc1nc(S(C)(=O)=O)ncc1C(=O)Nc1cc(NC(=O)c2ccc3c(c2)OCO3)ccc1C. The van der Waals surface area contributed by atoms with E-state index in [1.54, 1.807) is 43.3 Å². The Bertz CT molecular complexity index is 1410. The molecule has 176 valence electrons. The average molecular weight is 484 g/mol. The van der Waals surface area contributed by atoms with Gasteiger partial charge in [0.25, 0.3) is 11.8 Å². The molecule has 0 bridgehead atoms. The topological polar surface area (TPSA) is 149 Å². The highest BCUT2D eigenvalue weighted by molar-refractivity contribution is 7.90. The largest absolute Gasteiger partial charge is 0.454 e. The van der Waals surface area contributed by atoms with Crippen molar-refractivity contribution in [1.82, 2.24) is 9.97 Å². The Balaban J connectivity index is 1.53. The number of hydrogen-bond acceptors (Lipinski definition) is 9. The molecule has 0 unspecified atom stereocenters. The van der Waals surface area contributed by atoms with Gasteiger partial charge >= 0.3 is 0 Å². The van der Waals surface area contributed by atoms with E-state index >= 15 is 0 Å². The summed E-state index contributed by atoms with van der Waals surface area (Å²) in [5.41, 5.74) is 2.10. The third kappa shape index (κ3) is 4.76. The van der Waals surface area contributed by atoms with Gasteiger partial charge < -0.3 is 25.4 Å². The quantitative estimate of drug-likeness (QED) is 0.450. The molecule has 0 radical (unpaired) electrons. The number of anilines is 3. The van der Waals surface area contributed by atoms with E-state index in [0.717, 1.165) is 18.0 Å². The molecule has 0 saturated heterocycles. The molecule has 2 aromatic carbocycles. The third-order valence-electron chi connectivity index (χ3n) is 4.96. The summed E-state index contributed by atoms with van der Waals surface area (Å²) in [7, 11) is -2.12. The Labute approximate surface area is 195 Å². The van der Waals surface area contributed by atoms with Crippen molar-refractivity contribution in [2.45, 2.75) is 12.1 Å². The second-order valence-corrected chi connectivity index (χ2v) is 9.35. The Hall–Kier alpha value is -4.19. The van der Waals surface area contributed by atoms with E-state index in [4.69, 9.17) is 9.47 Å². The Morgan fingerprint density at radius 3 is 2.50 bits per heavy atom. The average Bonchev–Trinajstić information content (AvgIpc) is 3.28. The zero-order valence-electron chi connectivity index (χ0n) is 18.5. The number of sulfone groups is 1. The number of rotatable bonds is 6. The van der Waals surface area contributed by atoms with Crippen molar-refractivity contribution in [3.63, 3.8) is 0 Å². The minimum Gasteiger partial charge on any atom is -0.454 e. The number of nitrogens with one attached hydrogen (secondary N) is 3. The van der Waals surface area contributed by atoms with Crippen LogP contribution < -0.4 is 25.4 Å². The molecule has 0 saturated carbocycles. The third-order valence-corrected chi connectivity index (χ3v) is 5.82. The summed E-state index contributed by atoms with van der Waals surface area (Å²) >= 11 is 0. The molecule has 3 aromatic rings. The van der Waals surface area contributed by atoms with Gasteiger partial charge in [0, 0.05) is 36.4 Å². The molecule has 3 N–H and O–H groups in total. The summed E-state index contributed by atoms with van der Waals surface area (Å²) < 4.78 is 34.0. The molecule has 1 aromatic heterocycles. The number of nitrogens with zero attached hydrogens (tertiary/aromatic N) is 2. The molecule has 1 aliphatic rings. The highest BCUT2D eigenvalue weighted by atomic mass is 32.2. The molecule has 1 aliphatic heterocycles. The second-order valence-electron chi connectivity index (χ2n) is 7.44. The van der Waals surface area contributed by atoms with Crippen molar-refractivity contribution in [3.8, 4) is 11.5 Å². The van der Waals surface area contributed by atoms with E-state index in [2.05, 4.69) is 25.9 Å². The van der Waals surface area contributed by atoms with Crippen LogP contribution in [0.1, 0.15) is 26.3 Å². The number of aromatic nitrogens is 2. The predicted molar refractivity (Wildman–Crippen MR) is 124 cm³/mol. The minimum atomic E-state index is -3.64. The summed E-state index contributed by atoms with van der Waals surface area (Å²) in [5.74, 6) is 0.228. The van der Waals surface area contributed by atoms with Gasteiger partial charge in [-0.25, -0.2) is 18.4 Å². The van der Waals surface area contributed by atoms with Crippen molar-refractivity contribution in [3.05, 3.63) is 59.3 Å². The van der Waals surface area contributed by atoms with Gasteiger partial charge in [-0.2, -0.15) is 0 Å². The number of hydrogen-bond donors (Lipinski definition) is 3. The Morgan fingerprint density at radius 1 is 1.00 bits per heavy atom. The second kappa shape index (κ2) is 8.98. The number of aryl methyl sites for hydroxylation is 1. The van der Waals surface area contributed by atoms with Crippen LogP contribution in [-0.2, 0) is 9.84 Å². The van der Waals surface area contributed by atoms with E-state index in [1.807, 2.05) is 0 Å². The summed E-state index contributed by atoms with van der Waals surface area (Å²) in [6.07, 6.45) is 2.12. The monoisotopic (exact) mass is 483 g/mol. The van der Waals surface area contributed by atoms with Crippen LogP contribution in [0.4, 0.5) is 17.2 Å². The van der Waals surface area contributed by atoms with Crippen LogP contribution in [0, 0.1) is 6.92 Å². The number of carbonyl (C=O) groups excluding carboxylic acids is 2. The smallest absolute Gasteiger partial charge is 0.261 e. The number of carbonyl (C=O) groups is 2. The van der Waals surface area contributed by atoms with E-state index in [9.17, 15) is 18.0 Å². The van der Waals surface area contributed by atoms with Crippen molar-refractivity contribution in [2.75, 3.05) is 36.0 Å². The first-order valence-electron chi connectivity index (χ1n) is 10.0. The van der Waals surface area contributed by atoms with E-state index in [-0.39, 0.29) is 24.1 Å². The molecule has 2 heterocycles. The lowest BCUT2D eigenvalue weighted by atomic mass is 10.1. The molecular formula is C22H21N5O6S. The molecule has 34 heavy (non-hydrogen) atoms. The molecule has 0 atom stereocenters. The van der Waals surface area contributed by atoms with Crippen LogP contribution in [-0.4, -0.2) is 50.3 Å². The Morgan fingerprint density at radius 2 is 1.76 bits per heavy atom. The predicted octanol–water partition coefficient (Wildman–Crippen LogP) is 2.46. The van der Waals surface area contributed by atoms with Crippen LogP contribution in [0.2, 0.25) is 0 Å². The van der Waals surface area contributed by atoms with Crippen LogP contribution in [0.3, 0.4) is 0 Å². The maximum Gasteiger partial charge on any atom is 0.261 e. The summed E-state index contributed by atoms with van der Waals surface area (Å²) in [5, 5.41) is 7.86.